The van der Waals surface area contributed by atoms with E-state index < -0.39 is 0 Å². The number of nitrogens with one attached hydrogen (secondary N) is 1. The van der Waals surface area contributed by atoms with Gasteiger partial charge in [-0.15, -0.1) is 0 Å². The number of hydrogen-bond acceptors (Lipinski definition) is 4. The van der Waals surface area contributed by atoms with Gasteiger partial charge in [0.25, 0.3) is 0 Å². The zero-order valence-corrected chi connectivity index (χ0v) is 8.65. The molecule has 0 amide bonds. The first-order valence-electron chi connectivity index (χ1n) is 4.20. The van der Waals surface area contributed by atoms with E-state index in [4.69, 9.17) is 4.74 Å². The standard InChI is InChI=1S/C8H16N2OS/c1-6(11-3)4-9-8-10-5-7(2)12-8/h6-7H,4-5H2,1-3H3,(H,9,10). The Bertz CT molecular complexity index is 172. The number of methoxy groups -OCH3 is 1. The predicted molar refractivity (Wildman–Crippen MR) is 53.8 cm³/mol. The molecular formula is C8H16N2OS. The molecule has 12 heavy (non-hydrogen) atoms. The van der Waals surface area contributed by atoms with Gasteiger partial charge in [0.15, 0.2) is 5.17 Å². The van der Waals surface area contributed by atoms with Crippen LogP contribution in [0.25, 0.3) is 0 Å². The van der Waals surface area contributed by atoms with Crippen LogP contribution in [0.15, 0.2) is 4.99 Å². The molecule has 1 N–H and O–H groups in total. The van der Waals surface area contributed by atoms with E-state index in [2.05, 4.69) is 17.2 Å². The number of hydrogen-bond donors (Lipinski definition) is 1. The van der Waals surface area contributed by atoms with Crippen molar-refractivity contribution in [3.05, 3.63) is 0 Å². The summed E-state index contributed by atoms with van der Waals surface area (Å²) >= 11 is 1.80. The largest absolute Gasteiger partial charge is 0.380 e. The van der Waals surface area contributed by atoms with Crippen LogP contribution in [-0.4, -0.2) is 36.7 Å². The van der Waals surface area contributed by atoms with Crippen LogP contribution >= 0.6 is 11.8 Å². The normalized spacial score (nSPS) is 25.2. The van der Waals surface area contributed by atoms with E-state index in [0.29, 0.717) is 5.25 Å². The van der Waals surface area contributed by atoms with E-state index in [1.807, 2.05) is 6.92 Å². The Hall–Kier alpha value is -0.220. The van der Waals surface area contributed by atoms with Crippen molar-refractivity contribution in [1.29, 1.82) is 0 Å². The van der Waals surface area contributed by atoms with Gasteiger partial charge < -0.3 is 10.1 Å². The number of ether oxygens (including phenoxy) is 1. The molecule has 0 aromatic heterocycles. The zero-order chi connectivity index (χ0) is 8.97. The van der Waals surface area contributed by atoms with Gasteiger partial charge in [0.1, 0.15) is 0 Å². The molecule has 3 nitrogen and oxygen atoms in total. The number of aliphatic imine (C=N–C) groups is 1. The van der Waals surface area contributed by atoms with Gasteiger partial charge in [0.05, 0.1) is 12.6 Å². The molecule has 1 aliphatic rings. The fourth-order valence-corrected chi connectivity index (χ4v) is 1.73. The van der Waals surface area contributed by atoms with Crippen LogP contribution in [0.5, 0.6) is 0 Å². The monoisotopic (exact) mass is 188 g/mol. The molecule has 2 unspecified atom stereocenters. The van der Waals surface area contributed by atoms with E-state index in [0.717, 1.165) is 18.3 Å². The Kier molecular flexibility index (Phi) is 3.88. The molecule has 1 rings (SSSR count). The Morgan fingerprint density at radius 2 is 2.58 bits per heavy atom. The Balaban J connectivity index is 2.16. The second kappa shape index (κ2) is 4.72. The average Bonchev–Trinajstić information content (AvgIpc) is 2.47. The van der Waals surface area contributed by atoms with Crippen molar-refractivity contribution in [2.24, 2.45) is 4.99 Å². The van der Waals surface area contributed by atoms with Crippen LogP contribution in [0, 0.1) is 0 Å². The summed E-state index contributed by atoms with van der Waals surface area (Å²) in [6.45, 7) is 6.00. The molecule has 0 fully saturated rings. The maximum absolute atomic E-state index is 5.11. The SMILES string of the molecule is COC(C)CNC1=NCC(C)S1. The van der Waals surface area contributed by atoms with E-state index >= 15 is 0 Å². The van der Waals surface area contributed by atoms with Crippen LogP contribution in [-0.2, 0) is 4.74 Å². The number of rotatable bonds is 3. The molecule has 1 aliphatic heterocycles. The highest BCUT2D eigenvalue weighted by Gasteiger charge is 2.14. The predicted octanol–water partition coefficient (Wildman–Crippen LogP) is 1.10. The lowest BCUT2D eigenvalue weighted by molar-refractivity contribution is 0.121. The summed E-state index contributed by atoms with van der Waals surface area (Å²) in [6, 6.07) is 0. The summed E-state index contributed by atoms with van der Waals surface area (Å²) in [4.78, 5) is 4.34. The molecule has 0 radical (unpaired) electrons. The van der Waals surface area contributed by atoms with Crippen molar-refractivity contribution >= 4 is 16.9 Å². The summed E-state index contributed by atoms with van der Waals surface area (Å²) in [5.74, 6) is 0. The Labute approximate surface area is 78.0 Å². The third-order valence-electron chi connectivity index (χ3n) is 1.75. The van der Waals surface area contributed by atoms with Crippen molar-refractivity contribution in [1.82, 2.24) is 5.32 Å². The summed E-state index contributed by atoms with van der Waals surface area (Å²) in [6.07, 6.45) is 0.254. The van der Waals surface area contributed by atoms with Crippen LogP contribution < -0.4 is 5.32 Å². The minimum atomic E-state index is 0.254. The highest BCUT2D eigenvalue weighted by Crippen LogP contribution is 2.18. The zero-order valence-electron chi connectivity index (χ0n) is 7.83. The summed E-state index contributed by atoms with van der Waals surface area (Å²) in [5.41, 5.74) is 0. The molecule has 70 valence electrons. The maximum atomic E-state index is 5.11. The quantitative estimate of drug-likeness (QED) is 0.720. The fraction of sp³-hybridized carbons (Fsp3) is 0.875. The molecule has 0 aliphatic carbocycles. The van der Waals surface area contributed by atoms with Gasteiger partial charge in [-0.1, -0.05) is 18.7 Å². The Morgan fingerprint density at radius 3 is 3.08 bits per heavy atom. The van der Waals surface area contributed by atoms with Crippen molar-refractivity contribution < 1.29 is 4.74 Å². The van der Waals surface area contributed by atoms with Crippen LogP contribution in [0.1, 0.15) is 13.8 Å². The maximum Gasteiger partial charge on any atom is 0.157 e. The molecule has 4 heteroatoms. The second-order valence-corrected chi connectivity index (χ2v) is 4.43. The summed E-state index contributed by atoms with van der Waals surface area (Å²) in [7, 11) is 1.72. The Morgan fingerprint density at radius 1 is 1.83 bits per heavy atom. The lowest BCUT2D eigenvalue weighted by Crippen LogP contribution is -2.29. The lowest BCUT2D eigenvalue weighted by Gasteiger charge is -2.10. The number of nitrogens with zero attached hydrogens (tertiary/aromatic N) is 1. The number of amidine groups is 1. The first-order chi connectivity index (χ1) is 5.72. The highest BCUT2D eigenvalue weighted by molar-refractivity contribution is 8.14. The molecular weight excluding hydrogens is 172 g/mol. The van der Waals surface area contributed by atoms with Gasteiger partial charge in [-0.3, -0.25) is 4.99 Å². The smallest absolute Gasteiger partial charge is 0.157 e. The van der Waals surface area contributed by atoms with Gasteiger partial charge in [-0.05, 0) is 6.92 Å². The van der Waals surface area contributed by atoms with Crippen molar-refractivity contribution in [2.75, 3.05) is 20.2 Å². The minimum Gasteiger partial charge on any atom is -0.380 e. The lowest BCUT2D eigenvalue weighted by atomic mass is 10.4. The second-order valence-electron chi connectivity index (χ2n) is 3.00. The highest BCUT2D eigenvalue weighted by atomic mass is 32.2. The van der Waals surface area contributed by atoms with Gasteiger partial charge in [-0.25, -0.2) is 0 Å². The molecule has 0 bridgehead atoms. The van der Waals surface area contributed by atoms with Gasteiger partial charge in [-0.2, -0.15) is 0 Å². The van der Waals surface area contributed by atoms with E-state index in [1.54, 1.807) is 18.9 Å². The topological polar surface area (TPSA) is 33.6 Å². The van der Waals surface area contributed by atoms with Gasteiger partial charge in [0, 0.05) is 18.9 Å². The summed E-state index contributed by atoms with van der Waals surface area (Å²) in [5, 5.41) is 4.94. The summed E-state index contributed by atoms with van der Waals surface area (Å²) < 4.78 is 5.11. The first-order valence-corrected chi connectivity index (χ1v) is 5.08. The minimum absolute atomic E-state index is 0.254. The molecule has 0 saturated carbocycles. The van der Waals surface area contributed by atoms with Crippen molar-refractivity contribution in [2.45, 2.75) is 25.2 Å². The fourth-order valence-electron chi connectivity index (χ4n) is 0.889. The van der Waals surface area contributed by atoms with E-state index in [9.17, 15) is 0 Å². The van der Waals surface area contributed by atoms with Gasteiger partial charge >= 0.3 is 0 Å². The third kappa shape index (κ3) is 3.03. The van der Waals surface area contributed by atoms with Crippen molar-refractivity contribution in [3.8, 4) is 0 Å². The third-order valence-corrected chi connectivity index (χ3v) is 2.80. The van der Waals surface area contributed by atoms with Crippen LogP contribution in [0.3, 0.4) is 0 Å². The molecule has 0 aromatic carbocycles. The van der Waals surface area contributed by atoms with Crippen LogP contribution in [0.2, 0.25) is 0 Å². The molecule has 0 saturated heterocycles. The van der Waals surface area contributed by atoms with E-state index in [-0.39, 0.29) is 6.10 Å². The first kappa shape index (κ1) is 9.86. The molecule has 1 heterocycles. The molecule has 2 atom stereocenters. The molecule has 0 aromatic rings. The molecule has 0 spiro atoms. The van der Waals surface area contributed by atoms with Gasteiger partial charge in [0.2, 0.25) is 0 Å². The van der Waals surface area contributed by atoms with Crippen molar-refractivity contribution in [3.63, 3.8) is 0 Å². The van der Waals surface area contributed by atoms with Crippen LogP contribution in [0.4, 0.5) is 0 Å². The average molecular weight is 188 g/mol. The van der Waals surface area contributed by atoms with E-state index in [1.165, 1.54) is 0 Å². The number of thioether (sulfide) groups is 1.